The predicted octanol–water partition coefficient (Wildman–Crippen LogP) is 0.999. The van der Waals surface area contributed by atoms with Gasteiger partial charge in [0.05, 0.1) is 11.4 Å². The molecule has 0 saturated carbocycles. The van der Waals surface area contributed by atoms with E-state index in [0.717, 1.165) is 29.4 Å². The van der Waals surface area contributed by atoms with Crippen molar-refractivity contribution in [3.8, 4) is 5.82 Å². The molecule has 1 N–H and O–H groups in total. The summed E-state index contributed by atoms with van der Waals surface area (Å²) >= 11 is 0. The largest absolute Gasteiger partial charge is 0.314 e. The normalized spacial score (nSPS) is 10.7. The van der Waals surface area contributed by atoms with Crippen LogP contribution in [0.25, 0.3) is 5.82 Å². The van der Waals surface area contributed by atoms with E-state index in [1.54, 1.807) is 4.68 Å². The van der Waals surface area contributed by atoms with Crippen molar-refractivity contribution in [1.82, 2.24) is 25.3 Å². The molecule has 0 amide bonds. The van der Waals surface area contributed by atoms with Gasteiger partial charge in [-0.2, -0.15) is 10.2 Å². The van der Waals surface area contributed by atoms with E-state index in [0.29, 0.717) is 0 Å². The first-order valence-electron chi connectivity index (χ1n) is 5.21. The molecule has 0 atom stereocenters. The van der Waals surface area contributed by atoms with Crippen LogP contribution in [0.3, 0.4) is 0 Å². The number of nitrogens with one attached hydrogen (secondary N) is 1. The second-order valence-electron chi connectivity index (χ2n) is 3.75. The standard InChI is InChI=1S/C11H15N5/c1-8-6-9(2)16(15-8)11-5-4-10(7-12-3)13-14-11/h4-6,12H,7H2,1-3H3. The van der Waals surface area contributed by atoms with E-state index in [2.05, 4.69) is 20.6 Å². The molecule has 0 spiro atoms. The molecule has 0 radical (unpaired) electrons. The van der Waals surface area contributed by atoms with Crippen LogP contribution in [0, 0.1) is 13.8 Å². The lowest BCUT2D eigenvalue weighted by Crippen LogP contribution is -2.09. The number of hydrogen-bond donors (Lipinski definition) is 1. The summed E-state index contributed by atoms with van der Waals surface area (Å²) in [4.78, 5) is 0. The van der Waals surface area contributed by atoms with Crippen molar-refractivity contribution < 1.29 is 0 Å². The van der Waals surface area contributed by atoms with Gasteiger partial charge in [-0.05, 0) is 39.1 Å². The van der Waals surface area contributed by atoms with E-state index in [4.69, 9.17) is 0 Å². The van der Waals surface area contributed by atoms with Crippen LogP contribution in [-0.2, 0) is 6.54 Å². The summed E-state index contributed by atoms with van der Waals surface area (Å²) in [5.41, 5.74) is 2.97. The van der Waals surface area contributed by atoms with Gasteiger partial charge in [-0.1, -0.05) is 0 Å². The molecule has 5 heteroatoms. The maximum Gasteiger partial charge on any atom is 0.175 e. The number of aryl methyl sites for hydroxylation is 2. The molecule has 0 aliphatic carbocycles. The van der Waals surface area contributed by atoms with E-state index < -0.39 is 0 Å². The van der Waals surface area contributed by atoms with Crippen LogP contribution < -0.4 is 5.32 Å². The molecule has 0 aliphatic rings. The zero-order chi connectivity index (χ0) is 11.5. The zero-order valence-corrected chi connectivity index (χ0v) is 9.73. The molecule has 2 aromatic heterocycles. The van der Waals surface area contributed by atoms with Crippen molar-refractivity contribution in [2.45, 2.75) is 20.4 Å². The Bertz CT molecular complexity index is 472. The molecule has 2 rings (SSSR count). The van der Waals surface area contributed by atoms with E-state index in [9.17, 15) is 0 Å². The van der Waals surface area contributed by atoms with Gasteiger partial charge in [-0.15, -0.1) is 5.10 Å². The van der Waals surface area contributed by atoms with E-state index in [-0.39, 0.29) is 0 Å². The van der Waals surface area contributed by atoms with E-state index in [1.165, 1.54) is 0 Å². The van der Waals surface area contributed by atoms with Crippen molar-refractivity contribution in [3.05, 3.63) is 35.3 Å². The molecule has 16 heavy (non-hydrogen) atoms. The SMILES string of the molecule is CNCc1ccc(-n2nc(C)cc2C)nn1. The molecular weight excluding hydrogens is 202 g/mol. The maximum atomic E-state index is 4.35. The first-order chi connectivity index (χ1) is 7.70. The number of nitrogens with zero attached hydrogens (tertiary/aromatic N) is 4. The number of rotatable bonds is 3. The molecule has 0 unspecified atom stereocenters. The highest BCUT2D eigenvalue weighted by molar-refractivity contribution is 5.25. The van der Waals surface area contributed by atoms with Gasteiger partial charge in [0.15, 0.2) is 5.82 Å². The summed E-state index contributed by atoms with van der Waals surface area (Å²) in [6.07, 6.45) is 0. The Morgan fingerprint density at radius 2 is 2.06 bits per heavy atom. The number of hydrogen-bond acceptors (Lipinski definition) is 4. The molecule has 84 valence electrons. The lowest BCUT2D eigenvalue weighted by molar-refractivity contribution is 0.735. The highest BCUT2D eigenvalue weighted by Gasteiger charge is 2.05. The molecule has 2 heterocycles. The molecule has 0 aromatic carbocycles. The van der Waals surface area contributed by atoms with Crippen LogP contribution in [0.1, 0.15) is 17.1 Å². The van der Waals surface area contributed by atoms with Gasteiger partial charge in [-0.25, -0.2) is 4.68 Å². The van der Waals surface area contributed by atoms with E-state index in [1.807, 2.05) is 39.1 Å². The quantitative estimate of drug-likeness (QED) is 0.833. The Balaban J connectivity index is 2.31. The molecule has 2 aromatic rings. The average molecular weight is 217 g/mol. The van der Waals surface area contributed by atoms with Crippen LogP contribution in [0.4, 0.5) is 0 Å². The molecule has 5 nitrogen and oxygen atoms in total. The lowest BCUT2D eigenvalue weighted by atomic mass is 10.3. The Morgan fingerprint density at radius 3 is 2.56 bits per heavy atom. The third-order valence-electron chi connectivity index (χ3n) is 2.29. The Labute approximate surface area is 94.5 Å². The van der Waals surface area contributed by atoms with Gasteiger partial charge in [0.25, 0.3) is 0 Å². The summed E-state index contributed by atoms with van der Waals surface area (Å²) in [5, 5.41) is 15.7. The monoisotopic (exact) mass is 217 g/mol. The summed E-state index contributed by atoms with van der Waals surface area (Å²) in [6, 6.07) is 5.90. The molecule has 0 saturated heterocycles. The van der Waals surface area contributed by atoms with Crippen LogP contribution in [0.5, 0.6) is 0 Å². The predicted molar refractivity (Wildman–Crippen MR) is 61.4 cm³/mol. The highest BCUT2D eigenvalue weighted by Crippen LogP contribution is 2.08. The Hall–Kier alpha value is -1.75. The second-order valence-corrected chi connectivity index (χ2v) is 3.75. The van der Waals surface area contributed by atoms with Crippen molar-refractivity contribution in [3.63, 3.8) is 0 Å². The summed E-state index contributed by atoms with van der Waals surface area (Å²) in [5.74, 6) is 0.755. The fourth-order valence-corrected chi connectivity index (χ4v) is 1.60. The fourth-order valence-electron chi connectivity index (χ4n) is 1.60. The van der Waals surface area contributed by atoms with Crippen LogP contribution >= 0.6 is 0 Å². The topological polar surface area (TPSA) is 55.6 Å². The van der Waals surface area contributed by atoms with E-state index >= 15 is 0 Å². The highest BCUT2D eigenvalue weighted by atomic mass is 15.3. The average Bonchev–Trinajstić information content (AvgIpc) is 2.59. The van der Waals surface area contributed by atoms with Gasteiger partial charge in [-0.3, -0.25) is 0 Å². The zero-order valence-electron chi connectivity index (χ0n) is 9.73. The van der Waals surface area contributed by atoms with Gasteiger partial charge < -0.3 is 5.32 Å². The third kappa shape index (κ3) is 2.09. The fraction of sp³-hybridized carbons (Fsp3) is 0.364. The van der Waals surface area contributed by atoms with Crippen molar-refractivity contribution in [2.24, 2.45) is 0 Å². The smallest absolute Gasteiger partial charge is 0.175 e. The third-order valence-corrected chi connectivity index (χ3v) is 2.29. The maximum absolute atomic E-state index is 4.35. The van der Waals surface area contributed by atoms with Crippen LogP contribution in [-0.4, -0.2) is 27.0 Å². The lowest BCUT2D eigenvalue weighted by Gasteiger charge is -2.03. The van der Waals surface area contributed by atoms with Crippen molar-refractivity contribution in [2.75, 3.05) is 7.05 Å². The van der Waals surface area contributed by atoms with Gasteiger partial charge >= 0.3 is 0 Å². The van der Waals surface area contributed by atoms with Crippen molar-refractivity contribution in [1.29, 1.82) is 0 Å². The first kappa shape index (κ1) is 10.8. The van der Waals surface area contributed by atoms with Crippen LogP contribution in [0.15, 0.2) is 18.2 Å². The van der Waals surface area contributed by atoms with Gasteiger partial charge in [0.1, 0.15) is 0 Å². The minimum Gasteiger partial charge on any atom is -0.314 e. The number of aromatic nitrogens is 4. The van der Waals surface area contributed by atoms with Crippen LogP contribution in [0.2, 0.25) is 0 Å². The molecule has 0 aliphatic heterocycles. The molecule has 0 bridgehead atoms. The summed E-state index contributed by atoms with van der Waals surface area (Å²) < 4.78 is 1.80. The second kappa shape index (κ2) is 4.40. The Morgan fingerprint density at radius 1 is 1.25 bits per heavy atom. The molecular formula is C11H15N5. The minimum absolute atomic E-state index is 0.727. The molecule has 0 fully saturated rings. The summed E-state index contributed by atoms with van der Waals surface area (Å²) in [6.45, 7) is 4.69. The van der Waals surface area contributed by atoms with Gasteiger partial charge in [0.2, 0.25) is 0 Å². The van der Waals surface area contributed by atoms with Gasteiger partial charge in [0, 0.05) is 12.2 Å². The van der Waals surface area contributed by atoms with Crippen molar-refractivity contribution >= 4 is 0 Å². The first-order valence-corrected chi connectivity index (χ1v) is 5.21. The summed E-state index contributed by atoms with van der Waals surface area (Å²) in [7, 11) is 1.89. The minimum atomic E-state index is 0.727. The Kier molecular flexibility index (Phi) is 2.96.